The van der Waals surface area contributed by atoms with E-state index < -0.39 is 0 Å². The van der Waals surface area contributed by atoms with Gasteiger partial charge in [0.2, 0.25) is 0 Å². The molecule has 1 fully saturated rings. The number of carbonyl (C=O) groups excluding carboxylic acids is 1. The Balaban J connectivity index is 2.18. The Morgan fingerprint density at radius 3 is 2.65 bits per heavy atom. The number of likely N-dealkylation sites (tertiary alicyclic amines) is 1. The molecule has 5 heteroatoms. The van der Waals surface area contributed by atoms with Gasteiger partial charge in [0.1, 0.15) is 0 Å². The molecule has 1 aromatic rings. The number of aryl methyl sites for hydroxylation is 2. The molecular formula is C15H25N3O2. The van der Waals surface area contributed by atoms with E-state index in [0.717, 1.165) is 24.3 Å². The van der Waals surface area contributed by atoms with E-state index in [4.69, 9.17) is 4.74 Å². The molecule has 1 aliphatic rings. The molecular weight excluding hydrogens is 254 g/mol. The molecule has 2 heterocycles. The van der Waals surface area contributed by atoms with E-state index in [1.807, 2.05) is 31.8 Å². The van der Waals surface area contributed by atoms with Crippen molar-refractivity contribution in [3.05, 3.63) is 17.5 Å². The number of nitrogens with zero attached hydrogens (tertiary/aromatic N) is 3. The zero-order valence-electron chi connectivity index (χ0n) is 12.8. The fourth-order valence-corrected chi connectivity index (χ4v) is 2.99. The highest BCUT2D eigenvalue weighted by molar-refractivity contribution is 5.70. The summed E-state index contributed by atoms with van der Waals surface area (Å²) in [6.07, 6.45) is 6.15. The number of hydrogen-bond donors (Lipinski definition) is 0. The average molecular weight is 279 g/mol. The maximum Gasteiger partial charge on any atom is 0.307 e. The summed E-state index contributed by atoms with van der Waals surface area (Å²) in [4.78, 5) is 14.3. The zero-order valence-corrected chi connectivity index (χ0v) is 12.8. The lowest BCUT2D eigenvalue weighted by Gasteiger charge is -2.34. The van der Waals surface area contributed by atoms with Gasteiger partial charge in [0.05, 0.1) is 18.7 Å². The first-order valence-corrected chi connectivity index (χ1v) is 7.51. The summed E-state index contributed by atoms with van der Waals surface area (Å²) >= 11 is 0. The monoisotopic (exact) mass is 279 g/mol. The summed E-state index contributed by atoms with van der Waals surface area (Å²) in [6.45, 7) is 6.41. The van der Waals surface area contributed by atoms with Gasteiger partial charge >= 0.3 is 5.97 Å². The van der Waals surface area contributed by atoms with Gasteiger partial charge in [0.25, 0.3) is 0 Å². The van der Waals surface area contributed by atoms with Crippen LogP contribution in [0.4, 0.5) is 0 Å². The lowest BCUT2D eigenvalue weighted by molar-refractivity contribution is -0.144. The van der Waals surface area contributed by atoms with Gasteiger partial charge < -0.3 is 4.74 Å². The van der Waals surface area contributed by atoms with E-state index in [0.29, 0.717) is 13.0 Å². The minimum Gasteiger partial charge on any atom is -0.466 e. The smallest absolute Gasteiger partial charge is 0.307 e. The van der Waals surface area contributed by atoms with Crippen LogP contribution >= 0.6 is 0 Å². The van der Waals surface area contributed by atoms with Crippen molar-refractivity contribution in [1.29, 1.82) is 0 Å². The summed E-state index contributed by atoms with van der Waals surface area (Å²) in [5.74, 6) is -0.119. The summed E-state index contributed by atoms with van der Waals surface area (Å²) in [5.41, 5.74) is 2.16. The topological polar surface area (TPSA) is 47.4 Å². The fraction of sp³-hybridized carbons (Fsp3) is 0.733. The van der Waals surface area contributed by atoms with Crippen molar-refractivity contribution in [2.75, 3.05) is 19.7 Å². The summed E-state index contributed by atoms with van der Waals surface area (Å²) < 4.78 is 6.96. The summed E-state index contributed by atoms with van der Waals surface area (Å²) in [6, 6.07) is 0.100. The second-order valence-electron chi connectivity index (χ2n) is 5.47. The van der Waals surface area contributed by atoms with Gasteiger partial charge in [0, 0.05) is 24.8 Å². The van der Waals surface area contributed by atoms with Crippen LogP contribution in [-0.4, -0.2) is 40.3 Å². The highest BCUT2D eigenvalue weighted by Gasteiger charge is 2.27. The second kappa shape index (κ2) is 6.88. The molecule has 5 nitrogen and oxygen atoms in total. The molecule has 1 unspecified atom stereocenters. The van der Waals surface area contributed by atoms with Gasteiger partial charge in [-0.05, 0) is 39.8 Å². The predicted octanol–water partition coefficient (Wildman–Crippen LogP) is 2.21. The van der Waals surface area contributed by atoms with Gasteiger partial charge in [-0.15, -0.1) is 0 Å². The third-order valence-electron chi connectivity index (χ3n) is 3.91. The number of piperidine rings is 1. The molecule has 1 aromatic heterocycles. The molecule has 0 saturated carbocycles. The molecule has 0 radical (unpaired) electrons. The Morgan fingerprint density at radius 2 is 2.10 bits per heavy atom. The van der Waals surface area contributed by atoms with Crippen molar-refractivity contribution < 1.29 is 9.53 Å². The van der Waals surface area contributed by atoms with E-state index in [-0.39, 0.29) is 12.0 Å². The predicted molar refractivity (Wildman–Crippen MR) is 77.4 cm³/mol. The van der Waals surface area contributed by atoms with Crippen molar-refractivity contribution in [3.8, 4) is 0 Å². The molecule has 1 aliphatic heterocycles. The van der Waals surface area contributed by atoms with Gasteiger partial charge in [-0.1, -0.05) is 6.42 Å². The SMILES string of the molecule is CCOC(=O)CC(c1cn(C)nc1C)N1CCCCC1. The quantitative estimate of drug-likeness (QED) is 0.775. The minimum absolute atomic E-state index is 0.100. The Kier molecular flexibility index (Phi) is 5.17. The van der Waals surface area contributed by atoms with Crippen LogP contribution in [0.25, 0.3) is 0 Å². The maximum atomic E-state index is 11.9. The van der Waals surface area contributed by atoms with E-state index in [2.05, 4.69) is 10.00 Å². The third-order valence-corrected chi connectivity index (χ3v) is 3.91. The molecule has 20 heavy (non-hydrogen) atoms. The Morgan fingerprint density at radius 1 is 1.40 bits per heavy atom. The van der Waals surface area contributed by atoms with Crippen LogP contribution in [0.15, 0.2) is 6.20 Å². The highest BCUT2D eigenvalue weighted by Crippen LogP contribution is 2.29. The van der Waals surface area contributed by atoms with E-state index in [9.17, 15) is 4.79 Å². The molecule has 1 saturated heterocycles. The number of rotatable bonds is 5. The average Bonchev–Trinajstić information content (AvgIpc) is 2.76. The summed E-state index contributed by atoms with van der Waals surface area (Å²) in [5, 5.41) is 4.42. The molecule has 0 aliphatic carbocycles. The van der Waals surface area contributed by atoms with Gasteiger partial charge in [-0.2, -0.15) is 5.10 Å². The van der Waals surface area contributed by atoms with Crippen LogP contribution in [-0.2, 0) is 16.6 Å². The van der Waals surface area contributed by atoms with E-state index >= 15 is 0 Å². The molecule has 0 amide bonds. The molecule has 0 aromatic carbocycles. The fourth-order valence-electron chi connectivity index (χ4n) is 2.99. The second-order valence-corrected chi connectivity index (χ2v) is 5.47. The number of ether oxygens (including phenoxy) is 1. The molecule has 2 rings (SSSR count). The molecule has 0 spiro atoms. The first-order valence-electron chi connectivity index (χ1n) is 7.51. The first-order chi connectivity index (χ1) is 9.61. The van der Waals surface area contributed by atoms with Crippen LogP contribution in [0.1, 0.15) is 49.9 Å². The van der Waals surface area contributed by atoms with Crippen molar-refractivity contribution in [2.45, 2.75) is 45.6 Å². The van der Waals surface area contributed by atoms with Crippen molar-refractivity contribution >= 4 is 5.97 Å². The van der Waals surface area contributed by atoms with Gasteiger partial charge in [-0.25, -0.2) is 0 Å². The zero-order chi connectivity index (χ0) is 14.5. The third kappa shape index (κ3) is 3.60. The maximum absolute atomic E-state index is 11.9. The van der Waals surface area contributed by atoms with Crippen molar-refractivity contribution in [2.24, 2.45) is 7.05 Å². The Bertz CT molecular complexity index is 450. The van der Waals surface area contributed by atoms with Crippen molar-refractivity contribution in [1.82, 2.24) is 14.7 Å². The van der Waals surface area contributed by atoms with Crippen LogP contribution in [0.2, 0.25) is 0 Å². The number of hydrogen-bond acceptors (Lipinski definition) is 4. The standard InChI is InChI=1S/C15H25N3O2/c1-4-20-15(19)10-14(18-8-6-5-7-9-18)13-11-17(3)16-12(13)2/h11,14H,4-10H2,1-3H3. The van der Waals surface area contributed by atoms with Crippen LogP contribution in [0.3, 0.4) is 0 Å². The molecule has 0 N–H and O–H groups in total. The number of aromatic nitrogens is 2. The van der Waals surface area contributed by atoms with Crippen molar-refractivity contribution in [3.63, 3.8) is 0 Å². The molecule has 112 valence electrons. The summed E-state index contributed by atoms with van der Waals surface area (Å²) in [7, 11) is 1.92. The van der Waals surface area contributed by atoms with Crippen LogP contribution < -0.4 is 0 Å². The Labute approximate surface area is 120 Å². The lowest BCUT2D eigenvalue weighted by atomic mass is 9.99. The van der Waals surface area contributed by atoms with E-state index in [1.165, 1.54) is 19.3 Å². The Hall–Kier alpha value is -1.36. The van der Waals surface area contributed by atoms with Gasteiger partial charge in [-0.3, -0.25) is 14.4 Å². The largest absolute Gasteiger partial charge is 0.466 e. The minimum atomic E-state index is -0.119. The van der Waals surface area contributed by atoms with Crippen LogP contribution in [0, 0.1) is 6.92 Å². The number of carbonyl (C=O) groups is 1. The molecule has 1 atom stereocenters. The number of esters is 1. The van der Waals surface area contributed by atoms with Crippen LogP contribution in [0.5, 0.6) is 0 Å². The first kappa shape index (κ1) is 15.0. The van der Waals surface area contributed by atoms with Gasteiger partial charge in [0.15, 0.2) is 0 Å². The van der Waals surface area contributed by atoms with E-state index in [1.54, 1.807) is 0 Å². The lowest BCUT2D eigenvalue weighted by Crippen LogP contribution is -2.35. The molecule has 0 bridgehead atoms. The highest BCUT2D eigenvalue weighted by atomic mass is 16.5. The normalized spacial score (nSPS) is 17.9.